The minimum atomic E-state index is 0.0858. The average Bonchev–Trinajstić information content (AvgIpc) is 2.13. The van der Waals surface area contributed by atoms with Crippen LogP contribution in [-0.2, 0) is 4.79 Å². The lowest BCUT2D eigenvalue weighted by Crippen LogP contribution is -1.90. The first-order valence-corrected chi connectivity index (χ1v) is 4.78. The van der Waals surface area contributed by atoms with Gasteiger partial charge >= 0.3 is 0 Å². The van der Waals surface area contributed by atoms with Gasteiger partial charge in [-0.1, -0.05) is 18.2 Å². The highest BCUT2D eigenvalue weighted by Gasteiger charge is 2.00. The molecule has 0 unspecified atom stereocenters. The number of aryl methyl sites for hydroxylation is 1. The first kappa shape index (κ1) is 10.7. The fourth-order valence-electron chi connectivity index (χ4n) is 1.36. The van der Waals surface area contributed by atoms with Gasteiger partial charge < -0.3 is 0 Å². The van der Waals surface area contributed by atoms with Gasteiger partial charge in [-0.2, -0.15) is 0 Å². The largest absolute Gasteiger partial charge is 0.295 e. The summed E-state index contributed by atoms with van der Waals surface area (Å²) in [4.78, 5) is 10.8. The number of hydrogen-bond donors (Lipinski definition) is 0. The molecule has 0 N–H and O–H groups in total. The van der Waals surface area contributed by atoms with E-state index < -0.39 is 0 Å². The number of rotatable bonds is 2. The molecule has 1 nitrogen and oxygen atoms in total. The molecule has 0 spiro atoms. The molecular formula is C13H16O. The molecule has 0 aliphatic heterocycles. The Morgan fingerprint density at radius 1 is 1.14 bits per heavy atom. The van der Waals surface area contributed by atoms with Crippen molar-refractivity contribution in [1.82, 2.24) is 0 Å². The predicted molar refractivity (Wildman–Crippen MR) is 60.4 cm³/mol. The second-order valence-electron chi connectivity index (χ2n) is 3.67. The maximum atomic E-state index is 10.8. The molecule has 0 aliphatic rings. The van der Waals surface area contributed by atoms with E-state index in [2.05, 4.69) is 32.9 Å². The molecule has 14 heavy (non-hydrogen) atoms. The lowest BCUT2D eigenvalue weighted by atomic mass is 9.98. The van der Waals surface area contributed by atoms with Crippen molar-refractivity contribution in [3.63, 3.8) is 0 Å². The Balaban J connectivity index is 3.12. The molecule has 0 aliphatic carbocycles. The quantitative estimate of drug-likeness (QED) is 0.651. The Kier molecular flexibility index (Phi) is 3.23. The zero-order chi connectivity index (χ0) is 10.7. The molecule has 0 heterocycles. The van der Waals surface area contributed by atoms with Crippen LogP contribution in [0.1, 0.15) is 29.2 Å². The van der Waals surface area contributed by atoms with Gasteiger partial charge in [0, 0.05) is 0 Å². The minimum Gasteiger partial charge on any atom is -0.295 e. The molecule has 0 radical (unpaired) electrons. The molecule has 1 aromatic rings. The summed E-state index contributed by atoms with van der Waals surface area (Å²) in [5.74, 6) is 0.0858. The molecule has 1 heteroatoms. The summed E-state index contributed by atoms with van der Waals surface area (Å²) in [6.45, 7) is 7.85. The van der Waals surface area contributed by atoms with E-state index in [1.165, 1.54) is 16.7 Å². The topological polar surface area (TPSA) is 17.1 Å². The molecular weight excluding hydrogens is 172 g/mol. The highest BCUT2D eigenvalue weighted by Crippen LogP contribution is 2.18. The van der Waals surface area contributed by atoms with Crippen molar-refractivity contribution in [3.8, 4) is 0 Å². The number of benzene rings is 1. The molecule has 74 valence electrons. The third-order valence-electron chi connectivity index (χ3n) is 2.60. The third-order valence-corrected chi connectivity index (χ3v) is 2.60. The van der Waals surface area contributed by atoms with Gasteiger partial charge in [-0.15, -0.1) is 0 Å². The third kappa shape index (κ3) is 2.32. The predicted octanol–water partition coefficient (Wildman–Crippen LogP) is 3.21. The summed E-state index contributed by atoms with van der Waals surface area (Å²) in [7, 11) is 0. The molecule has 1 aromatic carbocycles. The van der Waals surface area contributed by atoms with Gasteiger partial charge in [0.2, 0.25) is 0 Å². The monoisotopic (exact) mass is 188 g/mol. The maximum Gasteiger partial charge on any atom is 0.152 e. The van der Waals surface area contributed by atoms with E-state index in [0.29, 0.717) is 0 Å². The molecule has 1 rings (SSSR count). The first-order chi connectivity index (χ1) is 6.52. The molecule has 0 saturated heterocycles. The number of carbonyl (C=O) groups is 1. The summed E-state index contributed by atoms with van der Waals surface area (Å²) in [5, 5.41) is 0. The molecule has 0 bridgehead atoms. The van der Waals surface area contributed by atoms with Crippen LogP contribution in [0.25, 0.3) is 6.08 Å². The fourth-order valence-corrected chi connectivity index (χ4v) is 1.36. The lowest BCUT2D eigenvalue weighted by molar-refractivity contribution is -0.112. The molecule has 0 fully saturated rings. The van der Waals surface area contributed by atoms with Crippen molar-refractivity contribution in [3.05, 3.63) is 40.5 Å². The Morgan fingerprint density at radius 2 is 1.79 bits per heavy atom. The first-order valence-electron chi connectivity index (χ1n) is 4.78. The van der Waals surface area contributed by atoms with Crippen molar-refractivity contribution in [2.75, 3.05) is 0 Å². The SMILES string of the molecule is CC(=O)C=Cc1ccc(C)c(C)c1C. The van der Waals surface area contributed by atoms with E-state index in [9.17, 15) is 4.79 Å². The van der Waals surface area contributed by atoms with E-state index in [-0.39, 0.29) is 5.78 Å². The number of allylic oxidation sites excluding steroid dienone is 1. The number of carbonyl (C=O) groups excluding carboxylic acids is 1. The van der Waals surface area contributed by atoms with Crippen LogP contribution in [-0.4, -0.2) is 5.78 Å². The van der Waals surface area contributed by atoms with Crippen molar-refractivity contribution in [2.45, 2.75) is 27.7 Å². The van der Waals surface area contributed by atoms with Gasteiger partial charge in [0.1, 0.15) is 0 Å². The van der Waals surface area contributed by atoms with Gasteiger partial charge in [-0.25, -0.2) is 0 Å². The smallest absolute Gasteiger partial charge is 0.152 e. The summed E-state index contributed by atoms with van der Waals surface area (Å²) < 4.78 is 0. The Morgan fingerprint density at radius 3 is 2.36 bits per heavy atom. The van der Waals surface area contributed by atoms with Crippen molar-refractivity contribution in [1.29, 1.82) is 0 Å². The van der Waals surface area contributed by atoms with E-state index in [1.54, 1.807) is 13.0 Å². The highest BCUT2D eigenvalue weighted by molar-refractivity contribution is 5.91. The molecule has 0 amide bonds. The van der Waals surface area contributed by atoms with Crippen LogP contribution in [0, 0.1) is 20.8 Å². The summed E-state index contributed by atoms with van der Waals surface area (Å²) >= 11 is 0. The van der Waals surface area contributed by atoms with Gasteiger partial charge in [0.05, 0.1) is 0 Å². The zero-order valence-electron chi connectivity index (χ0n) is 9.22. The Hall–Kier alpha value is -1.37. The van der Waals surface area contributed by atoms with Crippen molar-refractivity contribution < 1.29 is 4.79 Å². The standard InChI is InChI=1S/C13H16O/c1-9-5-7-13(8-6-10(2)14)12(4)11(9)3/h5-8H,1-4H3. The Labute approximate surface area is 85.5 Å². The van der Waals surface area contributed by atoms with Crippen LogP contribution in [0.4, 0.5) is 0 Å². The van der Waals surface area contributed by atoms with E-state index in [0.717, 1.165) is 5.56 Å². The molecule has 0 atom stereocenters. The van der Waals surface area contributed by atoms with Gasteiger partial charge in [-0.3, -0.25) is 4.79 Å². The number of hydrogen-bond acceptors (Lipinski definition) is 1. The van der Waals surface area contributed by atoms with Gasteiger partial charge in [0.25, 0.3) is 0 Å². The number of ketones is 1. The Bertz CT molecular complexity index is 386. The summed E-state index contributed by atoms with van der Waals surface area (Å²) in [5.41, 5.74) is 4.98. The average molecular weight is 188 g/mol. The summed E-state index contributed by atoms with van der Waals surface area (Å²) in [6, 6.07) is 4.14. The maximum absolute atomic E-state index is 10.8. The normalized spacial score (nSPS) is 10.9. The van der Waals surface area contributed by atoms with Crippen LogP contribution in [0.5, 0.6) is 0 Å². The van der Waals surface area contributed by atoms with Crippen molar-refractivity contribution in [2.24, 2.45) is 0 Å². The second kappa shape index (κ2) is 4.23. The van der Waals surface area contributed by atoms with Crippen LogP contribution < -0.4 is 0 Å². The van der Waals surface area contributed by atoms with Crippen LogP contribution >= 0.6 is 0 Å². The van der Waals surface area contributed by atoms with Crippen molar-refractivity contribution >= 4 is 11.9 Å². The molecule has 0 aromatic heterocycles. The fraction of sp³-hybridized carbons (Fsp3) is 0.308. The minimum absolute atomic E-state index is 0.0858. The highest BCUT2D eigenvalue weighted by atomic mass is 16.1. The van der Waals surface area contributed by atoms with E-state index in [1.807, 2.05) is 6.08 Å². The lowest BCUT2D eigenvalue weighted by Gasteiger charge is -2.07. The summed E-state index contributed by atoms with van der Waals surface area (Å²) in [6.07, 6.45) is 3.49. The second-order valence-corrected chi connectivity index (χ2v) is 3.67. The van der Waals surface area contributed by atoms with E-state index in [4.69, 9.17) is 0 Å². The van der Waals surface area contributed by atoms with Crippen LogP contribution in [0.2, 0.25) is 0 Å². The van der Waals surface area contributed by atoms with E-state index >= 15 is 0 Å². The zero-order valence-corrected chi connectivity index (χ0v) is 9.22. The van der Waals surface area contributed by atoms with Crippen LogP contribution in [0.15, 0.2) is 18.2 Å². The van der Waals surface area contributed by atoms with Gasteiger partial charge in [0.15, 0.2) is 5.78 Å². The molecule has 0 saturated carbocycles. The van der Waals surface area contributed by atoms with Gasteiger partial charge in [-0.05, 0) is 56.0 Å². The van der Waals surface area contributed by atoms with Crippen LogP contribution in [0.3, 0.4) is 0 Å².